The van der Waals surface area contributed by atoms with Gasteiger partial charge in [-0.05, 0) is 12.5 Å². The summed E-state index contributed by atoms with van der Waals surface area (Å²) in [6, 6.07) is 1.45. The van der Waals surface area contributed by atoms with Gasteiger partial charge < -0.3 is 10.1 Å². The summed E-state index contributed by atoms with van der Waals surface area (Å²) in [4.78, 5) is 26.3. The Morgan fingerprint density at radius 1 is 1.44 bits per heavy atom. The molecule has 0 aliphatic heterocycles. The van der Waals surface area contributed by atoms with Crippen LogP contribution < -0.4 is 5.32 Å². The van der Waals surface area contributed by atoms with Crippen molar-refractivity contribution in [2.24, 2.45) is 0 Å². The van der Waals surface area contributed by atoms with Gasteiger partial charge in [0, 0.05) is 12.6 Å². The molecule has 0 aliphatic rings. The zero-order valence-corrected chi connectivity index (χ0v) is 11.2. The summed E-state index contributed by atoms with van der Waals surface area (Å²) in [7, 11) is 0. The molecule has 0 spiro atoms. The van der Waals surface area contributed by atoms with Crippen LogP contribution in [0, 0.1) is 0 Å². The molecule has 1 amide bonds. The molecule has 0 radical (unpaired) electrons. The third-order valence-corrected chi connectivity index (χ3v) is 2.38. The van der Waals surface area contributed by atoms with Crippen LogP contribution in [0.4, 0.5) is 5.82 Å². The van der Waals surface area contributed by atoms with E-state index in [0.717, 1.165) is 0 Å². The van der Waals surface area contributed by atoms with Crippen molar-refractivity contribution in [2.75, 3.05) is 11.9 Å². The zero-order valence-electron chi connectivity index (χ0n) is 9.70. The average molecular weight is 291 g/mol. The van der Waals surface area contributed by atoms with E-state index >= 15 is 0 Å². The number of amides is 1. The summed E-state index contributed by atoms with van der Waals surface area (Å²) in [5.74, 6) is -0.739. The maximum absolute atomic E-state index is 11.4. The van der Waals surface area contributed by atoms with Gasteiger partial charge in [0.05, 0.1) is 10.0 Å². The fraction of sp³-hybridized carbons (Fsp3) is 0.364. The first-order valence-electron chi connectivity index (χ1n) is 5.29. The lowest BCUT2D eigenvalue weighted by Gasteiger charge is -2.07. The SMILES string of the molecule is CCCC(=O)OCC(=O)Nc1ncc(Cl)cc1Cl. The number of nitrogens with zero attached hydrogens (tertiary/aromatic N) is 1. The van der Waals surface area contributed by atoms with E-state index < -0.39 is 11.9 Å². The minimum absolute atomic E-state index is 0.178. The van der Waals surface area contributed by atoms with Crippen LogP contribution in [0.3, 0.4) is 0 Å². The van der Waals surface area contributed by atoms with Gasteiger partial charge in [-0.25, -0.2) is 4.98 Å². The predicted molar refractivity (Wildman–Crippen MR) is 68.8 cm³/mol. The van der Waals surface area contributed by atoms with Gasteiger partial charge in [0.15, 0.2) is 12.4 Å². The number of hydrogen-bond acceptors (Lipinski definition) is 4. The van der Waals surface area contributed by atoms with Crippen LogP contribution in [0.15, 0.2) is 12.3 Å². The number of pyridine rings is 1. The molecule has 18 heavy (non-hydrogen) atoms. The van der Waals surface area contributed by atoms with Gasteiger partial charge in [-0.1, -0.05) is 30.1 Å². The van der Waals surface area contributed by atoms with E-state index in [1.807, 2.05) is 6.92 Å². The second-order valence-corrected chi connectivity index (χ2v) is 4.29. The van der Waals surface area contributed by atoms with Crippen LogP contribution in [0.2, 0.25) is 10.0 Å². The number of esters is 1. The minimum atomic E-state index is -0.504. The van der Waals surface area contributed by atoms with Crippen molar-refractivity contribution in [1.82, 2.24) is 4.98 Å². The second-order valence-electron chi connectivity index (χ2n) is 3.44. The van der Waals surface area contributed by atoms with E-state index in [4.69, 9.17) is 27.9 Å². The third-order valence-electron chi connectivity index (χ3n) is 1.88. The molecule has 1 rings (SSSR count). The number of anilines is 1. The van der Waals surface area contributed by atoms with Crippen LogP contribution in [-0.4, -0.2) is 23.5 Å². The minimum Gasteiger partial charge on any atom is -0.456 e. The van der Waals surface area contributed by atoms with Crippen LogP contribution in [0.1, 0.15) is 19.8 Å². The Morgan fingerprint density at radius 2 is 2.17 bits per heavy atom. The Morgan fingerprint density at radius 3 is 2.78 bits per heavy atom. The standard InChI is InChI=1S/C11H12Cl2N2O3/c1-2-3-10(17)18-6-9(16)15-11-8(13)4-7(12)5-14-11/h4-5H,2-3,6H2,1H3,(H,14,15,16). The van der Waals surface area contributed by atoms with Crippen molar-refractivity contribution < 1.29 is 14.3 Å². The molecule has 0 saturated carbocycles. The number of hydrogen-bond donors (Lipinski definition) is 1. The van der Waals surface area contributed by atoms with Crippen molar-refractivity contribution in [3.05, 3.63) is 22.3 Å². The monoisotopic (exact) mass is 290 g/mol. The quantitative estimate of drug-likeness (QED) is 0.847. The summed E-state index contributed by atoms with van der Waals surface area (Å²) in [6.07, 6.45) is 2.31. The molecule has 1 N–H and O–H groups in total. The van der Waals surface area contributed by atoms with E-state index in [-0.39, 0.29) is 23.9 Å². The maximum atomic E-state index is 11.4. The van der Waals surface area contributed by atoms with Crippen molar-refractivity contribution in [3.8, 4) is 0 Å². The highest BCUT2D eigenvalue weighted by molar-refractivity contribution is 6.36. The third kappa shape index (κ3) is 4.89. The topological polar surface area (TPSA) is 68.3 Å². The fourth-order valence-electron chi connectivity index (χ4n) is 1.10. The Labute approximate surface area is 114 Å². The number of carbonyl (C=O) groups is 2. The smallest absolute Gasteiger partial charge is 0.306 e. The van der Waals surface area contributed by atoms with E-state index in [2.05, 4.69) is 10.3 Å². The first-order valence-corrected chi connectivity index (χ1v) is 6.05. The highest BCUT2D eigenvalue weighted by Crippen LogP contribution is 2.22. The molecular weight excluding hydrogens is 279 g/mol. The Balaban J connectivity index is 2.47. The van der Waals surface area contributed by atoms with E-state index in [9.17, 15) is 9.59 Å². The number of nitrogens with one attached hydrogen (secondary N) is 1. The van der Waals surface area contributed by atoms with Gasteiger partial charge in [-0.15, -0.1) is 0 Å². The first kappa shape index (κ1) is 14.7. The summed E-state index contributed by atoms with van der Waals surface area (Å²) in [5.41, 5.74) is 0. The van der Waals surface area contributed by atoms with E-state index in [0.29, 0.717) is 11.4 Å². The van der Waals surface area contributed by atoms with Crippen molar-refractivity contribution in [2.45, 2.75) is 19.8 Å². The summed E-state index contributed by atoms with van der Waals surface area (Å²) < 4.78 is 4.73. The number of ether oxygens (including phenoxy) is 1. The number of aromatic nitrogens is 1. The van der Waals surface area contributed by atoms with Gasteiger partial charge in [0.2, 0.25) is 0 Å². The predicted octanol–water partition coefficient (Wildman–Crippen LogP) is 2.67. The van der Waals surface area contributed by atoms with Crippen LogP contribution >= 0.6 is 23.2 Å². The number of halogens is 2. The summed E-state index contributed by atoms with van der Waals surface area (Å²) in [5, 5.41) is 3.00. The normalized spacial score (nSPS) is 9.94. The molecule has 1 aromatic rings. The Hall–Kier alpha value is -1.33. The molecule has 0 bridgehead atoms. The number of carbonyl (C=O) groups excluding carboxylic acids is 2. The lowest BCUT2D eigenvalue weighted by Crippen LogP contribution is -2.21. The summed E-state index contributed by atoms with van der Waals surface area (Å²) in [6.45, 7) is 1.48. The largest absolute Gasteiger partial charge is 0.456 e. The maximum Gasteiger partial charge on any atom is 0.306 e. The van der Waals surface area contributed by atoms with Crippen molar-refractivity contribution >= 4 is 40.9 Å². The first-order chi connectivity index (χ1) is 8.52. The molecule has 98 valence electrons. The Kier molecular flexibility index (Phi) is 5.88. The van der Waals surface area contributed by atoms with Crippen LogP contribution in [-0.2, 0) is 14.3 Å². The summed E-state index contributed by atoms with van der Waals surface area (Å²) >= 11 is 11.5. The highest BCUT2D eigenvalue weighted by atomic mass is 35.5. The van der Waals surface area contributed by atoms with Crippen molar-refractivity contribution in [1.29, 1.82) is 0 Å². The van der Waals surface area contributed by atoms with Gasteiger partial charge >= 0.3 is 5.97 Å². The molecule has 1 aromatic heterocycles. The molecule has 0 aliphatic carbocycles. The Bertz CT molecular complexity index is 452. The molecule has 0 unspecified atom stereocenters. The van der Waals surface area contributed by atoms with Crippen LogP contribution in [0.25, 0.3) is 0 Å². The molecular formula is C11H12Cl2N2O3. The zero-order chi connectivity index (χ0) is 13.5. The van der Waals surface area contributed by atoms with Gasteiger partial charge in [0.1, 0.15) is 0 Å². The van der Waals surface area contributed by atoms with Gasteiger partial charge in [-0.3, -0.25) is 9.59 Å². The van der Waals surface area contributed by atoms with Gasteiger partial charge in [0.25, 0.3) is 5.91 Å². The van der Waals surface area contributed by atoms with Crippen LogP contribution in [0.5, 0.6) is 0 Å². The molecule has 1 heterocycles. The molecule has 0 saturated heterocycles. The molecule has 0 atom stereocenters. The highest BCUT2D eigenvalue weighted by Gasteiger charge is 2.10. The van der Waals surface area contributed by atoms with E-state index in [1.54, 1.807) is 0 Å². The number of rotatable bonds is 5. The second kappa shape index (κ2) is 7.18. The lowest BCUT2D eigenvalue weighted by molar-refractivity contribution is -0.147. The lowest BCUT2D eigenvalue weighted by atomic mass is 10.3. The average Bonchev–Trinajstić information content (AvgIpc) is 2.31. The van der Waals surface area contributed by atoms with E-state index in [1.165, 1.54) is 12.3 Å². The molecule has 5 nitrogen and oxygen atoms in total. The molecule has 0 fully saturated rings. The molecule has 7 heteroatoms. The molecule has 0 aromatic carbocycles. The van der Waals surface area contributed by atoms with Crippen molar-refractivity contribution in [3.63, 3.8) is 0 Å². The fourth-order valence-corrected chi connectivity index (χ4v) is 1.52. The van der Waals surface area contributed by atoms with Gasteiger partial charge in [-0.2, -0.15) is 0 Å².